The van der Waals surface area contributed by atoms with Gasteiger partial charge in [-0.05, 0) is 66.5 Å². The van der Waals surface area contributed by atoms with Crippen LogP contribution in [0.3, 0.4) is 0 Å². The third-order valence-corrected chi connectivity index (χ3v) is 4.24. The van der Waals surface area contributed by atoms with E-state index < -0.39 is 0 Å². The van der Waals surface area contributed by atoms with Crippen LogP contribution >= 0.6 is 31.9 Å². The number of hydrogen-bond donors (Lipinski definition) is 2. The van der Waals surface area contributed by atoms with Gasteiger partial charge in [-0.1, -0.05) is 15.9 Å². The number of halogens is 2. The quantitative estimate of drug-likeness (QED) is 0.833. The lowest BCUT2D eigenvalue weighted by atomic mass is 10.1. The van der Waals surface area contributed by atoms with Gasteiger partial charge in [0.05, 0.1) is 5.56 Å². The van der Waals surface area contributed by atoms with E-state index >= 15 is 0 Å². The van der Waals surface area contributed by atoms with E-state index in [9.17, 15) is 4.79 Å². The van der Waals surface area contributed by atoms with Gasteiger partial charge in [0.15, 0.2) is 0 Å². The summed E-state index contributed by atoms with van der Waals surface area (Å²) in [6.07, 6.45) is 3.17. The summed E-state index contributed by atoms with van der Waals surface area (Å²) >= 11 is 6.81. The van der Waals surface area contributed by atoms with Crippen molar-refractivity contribution in [2.45, 2.75) is 25.3 Å². The Balaban J connectivity index is 2.02. The first-order valence-electron chi connectivity index (χ1n) is 6.13. The highest BCUT2D eigenvalue weighted by Crippen LogP contribution is 2.22. The Hall–Kier alpha value is -0.390. The van der Waals surface area contributed by atoms with Gasteiger partial charge in [-0.25, -0.2) is 0 Å². The van der Waals surface area contributed by atoms with Crippen LogP contribution in [0.15, 0.2) is 27.1 Å². The molecule has 1 aromatic rings. The average molecular weight is 376 g/mol. The molecule has 0 aliphatic carbocycles. The standard InChI is InChI=1S/C13H16Br2N2O/c14-9-3-4-11(12(15)8-9)13(18)17-10-2-1-6-16-7-5-10/h3-4,8,10,16H,1-2,5-7H2,(H,17,18). The van der Waals surface area contributed by atoms with Gasteiger partial charge >= 0.3 is 0 Å². The summed E-state index contributed by atoms with van der Waals surface area (Å²) in [7, 11) is 0. The Morgan fingerprint density at radius 3 is 2.89 bits per heavy atom. The molecule has 0 saturated carbocycles. The van der Waals surface area contributed by atoms with Crippen LogP contribution in [0.1, 0.15) is 29.6 Å². The van der Waals surface area contributed by atoms with E-state index in [0.29, 0.717) is 5.56 Å². The van der Waals surface area contributed by atoms with Gasteiger partial charge in [0, 0.05) is 15.0 Å². The highest BCUT2D eigenvalue weighted by Gasteiger charge is 2.17. The van der Waals surface area contributed by atoms with Gasteiger partial charge in [0.1, 0.15) is 0 Å². The summed E-state index contributed by atoms with van der Waals surface area (Å²) in [6.45, 7) is 2.03. The fraction of sp³-hybridized carbons (Fsp3) is 0.462. The van der Waals surface area contributed by atoms with Gasteiger partial charge < -0.3 is 10.6 Å². The maximum atomic E-state index is 12.2. The van der Waals surface area contributed by atoms with Crippen molar-refractivity contribution < 1.29 is 4.79 Å². The summed E-state index contributed by atoms with van der Waals surface area (Å²) in [4.78, 5) is 12.2. The molecule has 0 aromatic heterocycles. The van der Waals surface area contributed by atoms with E-state index in [1.165, 1.54) is 0 Å². The molecule has 1 saturated heterocycles. The summed E-state index contributed by atoms with van der Waals surface area (Å²) < 4.78 is 1.78. The van der Waals surface area contributed by atoms with E-state index in [1.54, 1.807) is 0 Å². The van der Waals surface area contributed by atoms with Crippen molar-refractivity contribution in [2.24, 2.45) is 0 Å². The summed E-state index contributed by atoms with van der Waals surface area (Å²) in [5.74, 6) is 0.00118. The van der Waals surface area contributed by atoms with Gasteiger partial charge in [0.25, 0.3) is 5.91 Å². The molecule has 1 fully saturated rings. The minimum Gasteiger partial charge on any atom is -0.349 e. The summed E-state index contributed by atoms with van der Waals surface area (Å²) in [5, 5.41) is 6.45. The third kappa shape index (κ3) is 3.80. The molecule has 1 aromatic carbocycles. The number of amides is 1. The lowest BCUT2D eigenvalue weighted by Gasteiger charge is -2.16. The van der Waals surface area contributed by atoms with Crippen molar-refractivity contribution in [1.82, 2.24) is 10.6 Å². The monoisotopic (exact) mass is 374 g/mol. The van der Waals surface area contributed by atoms with E-state index in [1.807, 2.05) is 18.2 Å². The first-order valence-corrected chi connectivity index (χ1v) is 7.72. The van der Waals surface area contributed by atoms with Crippen molar-refractivity contribution in [3.8, 4) is 0 Å². The topological polar surface area (TPSA) is 41.1 Å². The highest BCUT2D eigenvalue weighted by molar-refractivity contribution is 9.11. The molecule has 5 heteroatoms. The Morgan fingerprint density at radius 2 is 2.11 bits per heavy atom. The molecular weight excluding hydrogens is 360 g/mol. The predicted molar refractivity (Wildman–Crippen MR) is 79.8 cm³/mol. The van der Waals surface area contributed by atoms with Crippen LogP contribution < -0.4 is 10.6 Å². The van der Waals surface area contributed by atoms with Gasteiger partial charge in [-0.3, -0.25) is 4.79 Å². The number of benzene rings is 1. The van der Waals surface area contributed by atoms with Crippen molar-refractivity contribution in [2.75, 3.05) is 13.1 Å². The maximum Gasteiger partial charge on any atom is 0.252 e. The molecule has 0 bridgehead atoms. The van der Waals surface area contributed by atoms with Crippen LogP contribution in [-0.2, 0) is 0 Å². The molecule has 1 atom stereocenters. The second-order valence-corrected chi connectivity index (χ2v) is 6.25. The average Bonchev–Trinajstić information content (AvgIpc) is 2.57. The van der Waals surface area contributed by atoms with Crippen molar-refractivity contribution in [3.63, 3.8) is 0 Å². The van der Waals surface area contributed by atoms with Crippen molar-refractivity contribution in [3.05, 3.63) is 32.7 Å². The molecule has 0 radical (unpaired) electrons. The van der Waals surface area contributed by atoms with E-state index in [-0.39, 0.29) is 11.9 Å². The van der Waals surface area contributed by atoms with Gasteiger partial charge in [-0.15, -0.1) is 0 Å². The van der Waals surface area contributed by atoms with Crippen LogP contribution in [-0.4, -0.2) is 25.0 Å². The maximum absolute atomic E-state index is 12.2. The fourth-order valence-corrected chi connectivity index (χ4v) is 3.33. The molecule has 2 N–H and O–H groups in total. The molecule has 1 aliphatic rings. The van der Waals surface area contributed by atoms with Crippen molar-refractivity contribution in [1.29, 1.82) is 0 Å². The zero-order valence-electron chi connectivity index (χ0n) is 10.0. The minimum absolute atomic E-state index is 0.00118. The first kappa shape index (κ1) is 14.0. The number of nitrogens with one attached hydrogen (secondary N) is 2. The second-order valence-electron chi connectivity index (χ2n) is 4.48. The van der Waals surface area contributed by atoms with E-state index in [2.05, 4.69) is 42.5 Å². The highest BCUT2D eigenvalue weighted by atomic mass is 79.9. The fourth-order valence-electron chi connectivity index (χ4n) is 2.10. The van der Waals surface area contributed by atoms with Crippen LogP contribution in [0.5, 0.6) is 0 Å². The van der Waals surface area contributed by atoms with Crippen LogP contribution in [0, 0.1) is 0 Å². The van der Waals surface area contributed by atoms with Crippen LogP contribution in [0.4, 0.5) is 0 Å². The molecule has 98 valence electrons. The molecule has 3 nitrogen and oxygen atoms in total. The molecule has 0 spiro atoms. The summed E-state index contributed by atoms with van der Waals surface area (Å²) in [6, 6.07) is 5.89. The van der Waals surface area contributed by atoms with Gasteiger partial charge in [-0.2, -0.15) is 0 Å². The largest absolute Gasteiger partial charge is 0.349 e. The van der Waals surface area contributed by atoms with Crippen LogP contribution in [0.2, 0.25) is 0 Å². The molecule has 1 heterocycles. The van der Waals surface area contributed by atoms with Gasteiger partial charge in [0.2, 0.25) is 0 Å². The lowest BCUT2D eigenvalue weighted by Crippen LogP contribution is -2.35. The zero-order chi connectivity index (χ0) is 13.0. The predicted octanol–water partition coefficient (Wildman–Crippen LogP) is 3.08. The molecule has 1 amide bonds. The second kappa shape index (κ2) is 6.68. The molecule has 1 unspecified atom stereocenters. The van der Waals surface area contributed by atoms with Crippen molar-refractivity contribution >= 4 is 37.8 Å². The smallest absolute Gasteiger partial charge is 0.252 e. The Labute approximate surface area is 124 Å². The zero-order valence-corrected chi connectivity index (χ0v) is 13.2. The Bertz CT molecular complexity index is 429. The lowest BCUT2D eigenvalue weighted by molar-refractivity contribution is 0.0933. The SMILES string of the molecule is O=C(NC1CCCNCC1)c1ccc(Br)cc1Br. The Kier molecular flexibility index (Phi) is 5.21. The first-order chi connectivity index (χ1) is 8.66. The van der Waals surface area contributed by atoms with E-state index in [4.69, 9.17) is 0 Å². The molecule has 1 aliphatic heterocycles. The Morgan fingerprint density at radius 1 is 1.28 bits per heavy atom. The van der Waals surface area contributed by atoms with E-state index in [0.717, 1.165) is 41.3 Å². The number of rotatable bonds is 2. The molecule has 18 heavy (non-hydrogen) atoms. The molecular formula is C13H16Br2N2O. The normalized spacial score (nSPS) is 20.2. The molecule has 2 rings (SSSR count). The van der Waals surface area contributed by atoms with Crippen LogP contribution in [0.25, 0.3) is 0 Å². The summed E-state index contributed by atoms with van der Waals surface area (Å²) in [5.41, 5.74) is 0.690. The number of carbonyl (C=O) groups is 1. The third-order valence-electron chi connectivity index (χ3n) is 3.09. The number of hydrogen-bond acceptors (Lipinski definition) is 2. The number of carbonyl (C=O) groups excluding carboxylic acids is 1. The minimum atomic E-state index is 0.00118.